The number of hydrogen-bond acceptors (Lipinski definition) is 3. The zero-order valence-corrected chi connectivity index (χ0v) is 42.1. The molecule has 16 rings (SSSR count). The van der Waals surface area contributed by atoms with Crippen LogP contribution in [-0.2, 0) is 10.8 Å². The molecule has 0 amide bonds. The van der Waals surface area contributed by atoms with Gasteiger partial charge in [-0.15, -0.1) is 0 Å². The van der Waals surface area contributed by atoms with Crippen LogP contribution in [0.25, 0.3) is 55.6 Å². The highest BCUT2D eigenvalue weighted by molar-refractivity contribution is 5.96. The van der Waals surface area contributed by atoms with Gasteiger partial charge in [-0.25, -0.2) is 0 Å². The molecule has 1 spiro atoms. The van der Waals surface area contributed by atoms with E-state index >= 15 is 0 Å². The third-order valence-electron chi connectivity index (χ3n) is 17.1. The number of fused-ring (bicyclic) bond motifs is 15. The van der Waals surface area contributed by atoms with Gasteiger partial charge < -0.3 is 14.4 Å². The molecule has 77 heavy (non-hydrogen) atoms. The summed E-state index contributed by atoms with van der Waals surface area (Å²) in [4.78, 5) is 2.39. The normalized spacial score (nSPS) is 16.8. The highest BCUT2D eigenvalue weighted by atomic mass is 16.6. The molecule has 0 N–H and O–H groups in total. The van der Waals surface area contributed by atoms with Crippen LogP contribution in [0.1, 0.15) is 44.5 Å². The molecule has 11 aromatic carbocycles. The highest BCUT2D eigenvalue weighted by Gasteiger charge is 2.53. The van der Waals surface area contributed by atoms with Crippen molar-refractivity contribution in [1.82, 2.24) is 0 Å². The molecule has 2 atom stereocenters. The van der Waals surface area contributed by atoms with E-state index in [-0.39, 0.29) is 6.10 Å². The highest BCUT2D eigenvalue weighted by Crippen LogP contribution is 2.64. The van der Waals surface area contributed by atoms with E-state index in [0.717, 1.165) is 50.8 Å². The van der Waals surface area contributed by atoms with Crippen molar-refractivity contribution in [2.45, 2.75) is 23.0 Å². The van der Waals surface area contributed by atoms with Crippen LogP contribution >= 0.6 is 0 Å². The molecule has 3 heteroatoms. The fourth-order valence-electron chi connectivity index (χ4n) is 14.0. The lowest BCUT2D eigenvalue weighted by Crippen LogP contribution is -2.45. The van der Waals surface area contributed by atoms with E-state index in [1.54, 1.807) is 0 Å². The summed E-state index contributed by atoms with van der Waals surface area (Å²) >= 11 is 0. The standard InChI is InChI=1S/C74H49NO2/c1-4-21-49(22-5-1)54-27-14-19-36-67(54)75(53-42-39-48(40-43-53)50-41-44-59-57-30-10-15-32-61(57)73(65(59)45-50,51-23-6-2-7-24-51)52-25-8-3-9-26-52)68-37-20-38-69-72(68)77-70-46-60-58-31-13-18-35-64(58)74(66(60)47-71(70)76-69)62-33-16-11-28-55(62)56-29-12-17-34-63(56)74/h1-47,69,72H/t69-,72?/m1/s1. The molecule has 1 unspecified atom stereocenters. The van der Waals surface area contributed by atoms with Crippen LogP contribution in [0.2, 0.25) is 0 Å². The van der Waals surface area contributed by atoms with E-state index in [1.165, 1.54) is 77.9 Å². The van der Waals surface area contributed by atoms with Crippen molar-refractivity contribution in [3.05, 3.63) is 335 Å². The van der Waals surface area contributed by atoms with Crippen molar-refractivity contribution < 1.29 is 9.47 Å². The van der Waals surface area contributed by atoms with E-state index < -0.39 is 16.9 Å². The average Bonchev–Trinajstić information content (AvgIpc) is 4.21. The van der Waals surface area contributed by atoms with Crippen LogP contribution in [0.15, 0.2) is 291 Å². The Bertz CT molecular complexity index is 4150. The zero-order chi connectivity index (χ0) is 50.7. The second-order valence-corrected chi connectivity index (χ2v) is 20.9. The maximum Gasteiger partial charge on any atom is 0.179 e. The van der Waals surface area contributed by atoms with Crippen molar-refractivity contribution in [3.8, 4) is 67.1 Å². The molecular formula is C74H49NO2. The summed E-state index contributed by atoms with van der Waals surface area (Å²) in [5.41, 5.74) is 24.4. The van der Waals surface area contributed by atoms with Gasteiger partial charge in [-0.2, -0.15) is 0 Å². The Morgan fingerprint density at radius 3 is 1.40 bits per heavy atom. The Kier molecular flexibility index (Phi) is 9.59. The Morgan fingerprint density at radius 1 is 0.325 bits per heavy atom. The number of ether oxygens (including phenoxy) is 2. The van der Waals surface area contributed by atoms with Gasteiger partial charge in [0.25, 0.3) is 0 Å². The molecule has 0 saturated heterocycles. The van der Waals surface area contributed by atoms with Gasteiger partial charge in [0.05, 0.1) is 22.2 Å². The summed E-state index contributed by atoms with van der Waals surface area (Å²) in [6.45, 7) is 0. The molecule has 1 heterocycles. The molecule has 5 aliphatic rings. The fourth-order valence-corrected chi connectivity index (χ4v) is 14.0. The maximum absolute atomic E-state index is 7.42. The molecule has 0 radical (unpaired) electrons. The van der Waals surface area contributed by atoms with Gasteiger partial charge in [0, 0.05) is 11.3 Å². The molecule has 3 nitrogen and oxygen atoms in total. The number of anilines is 2. The van der Waals surface area contributed by atoms with Crippen LogP contribution in [0.4, 0.5) is 11.4 Å². The Hall–Kier alpha value is -9.70. The van der Waals surface area contributed by atoms with Crippen LogP contribution < -0.4 is 14.4 Å². The first kappa shape index (κ1) is 43.7. The number of allylic oxidation sites excluding steroid dienone is 2. The predicted molar refractivity (Wildman–Crippen MR) is 312 cm³/mol. The van der Waals surface area contributed by atoms with Crippen LogP contribution in [0.3, 0.4) is 0 Å². The van der Waals surface area contributed by atoms with Crippen LogP contribution in [0, 0.1) is 0 Å². The smallest absolute Gasteiger partial charge is 0.179 e. The van der Waals surface area contributed by atoms with Gasteiger partial charge in [0.15, 0.2) is 23.7 Å². The Morgan fingerprint density at radius 2 is 0.792 bits per heavy atom. The van der Waals surface area contributed by atoms with Gasteiger partial charge in [0.1, 0.15) is 0 Å². The lowest BCUT2D eigenvalue weighted by Gasteiger charge is -2.41. The van der Waals surface area contributed by atoms with E-state index in [4.69, 9.17) is 9.47 Å². The SMILES string of the molecule is C1=C[C@H]2Oc3cc4c(cc3OC2C(N(c2ccc(-c3ccc5c(c3)C(c3ccccc3)(c3ccccc3)c3ccccc3-5)cc2)c2ccccc2-c2ccccc2)=C1)-c1ccccc1C41c2ccccc2-c2ccccc21. The molecule has 0 bridgehead atoms. The summed E-state index contributed by atoms with van der Waals surface area (Å²) in [6.07, 6.45) is 5.64. The number of rotatable bonds is 7. The monoisotopic (exact) mass is 983 g/mol. The minimum atomic E-state index is -0.487. The third-order valence-corrected chi connectivity index (χ3v) is 17.1. The van der Waals surface area contributed by atoms with E-state index in [0.29, 0.717) is 0 Å². The number of hydrogen-bond donors (Lipinski definition) is 0. The van der Waals surface area contributed by atoms with E-state index in [9.17, 15) is 0 Å². The fraction of sp³-hybridized carbons (Fsp3) is 0.0541. The minimum Gasteiger partial charge on any atom is -0.478 e. The molecule has 11 aromatic rings. The van der Waals surface area contributed by atoms with Crippen molar-refractivity contribution in [2.75, 3.05) is 4.90 Å². The lowest BCUT2D eigenvalue weighted by atomic mass is 9.67. The summed E-state index contributed by atoms with van der Waals surface area (Å²) < 4.78 is 14.7. The van der Waals surface area contributed by atoms with Crippen molar-refractivity contribution in [2.24, 2.45) is 0 Å². The maximum atomic E-state index is 7.42. The summed E-state index contributed by atoms with van der Waals surface area (Å²) in [5, 5.41) is 0. The number of para-hydroxylation sites is 1. The van der Waals surface area contributed by atoms with Crippen molar-refractivity contribution in [1.29, 1.82) is 0 Å². The molecule has 0 fully saturated rings. The number of nitrogens with zero attached hydrogens (tertiary/aromatic N) is 1. The summed E-state index contributed by atoms with van der Waals surface area (Å²) in [5.74, 6) is 1.50. The van der Waals surface area contributed by atoms with Gasteiger partial charge in [-0.1, -0.05) is 237 Å². The topological polar surface area (TPSA) is 21.7 Å². The van der Waals surface area contributed by atoms with Crippen LogP contribution in [-0.4, -0.2) is 12.2 Å². The zero-order valence-electron chi connectivity index (χ0n) is 42.1. The summed E-state index contributed by atoms with van der Waals surface area (Å²) in [7, 11) is 0. The first-order chi connectivity index (χ1) is 38.2. The second-order valence-electron chi connectivity index (χ2n) is 20.9. The third kappa shape index (κ3) is 6.20. The largest absolute Gasteiger partial charge is 0.478 e. The van der Waals surface area contributed by atoms with Crippen molar-refractivity contribution in [3.63, 3.8) is 0 Å². The van der Waals surface area contributed by atoms with Crippen LogP contribution in [0.5, 0.6) is 11.5 Å². The van der Waals surface area contributed by atoms with Gasteiger partial charge in [-0.05, 0) is 143 Å². The van der Waals surface area contributed by atoms with Crippen molar-refractivity contribution >= 4 is 11.4 Å². The predicted octanol–water partition coefficient (Wildman–Crippen LogP) is 17.5. The van der Waals surface area contributed by atoms with Gasteiger partial charge in [-0.3, -0.25) is 0 Å². The molecule has 0 saturated carbocycles. The molecule has 1 aliphatic heterocycles. The first-order valence-electron chi connectivity index (χ1n) is 26.8. The van der Waals surface area contributed by atoms with Gasteiger partial charge in [0.2, 0.25) is 0 Å². The van der Waals surface area contributed by atoms with E-state index in [1.807, 2.05) is 0 Å². The molecular weight excluding hydrogens is 935 g/mol. The molecule has 362 valence electrons. The molecule has 0 aromatic heterocycles. The Balaban J connectivity index is 0.819. The second kappa shape index (κ2) is 16.9. The molecule has 4 aliphatic carbocycles. The number of benzene rings is 11. The first-order valence-corrected chi connectivity index (χ1v) is 26.8. The summed E-state index contributed by atoms with van der Waals surface area (Å²) in [6, 6.07) is 97.9. The quantitative estimate of drug-likeness (QED) is 0.159. The minimum absolute atomic E-state index is 0.390. The van der Waals surface area contributed by atoms with Gasteiger partial charge >= 0.3 is 0 Å². The van der Waals surface area contributed by atoms with E-state index in [2.05, 4.69) is 290 Å². The average molecular weight is 984 g/mol. The lowest BCUT2D eigenvalue weighted by molar-refractivity contribution is 0.0675. The Labute approximate surface area is 449 Å².